The Morgan fingerprint density at radius 3 is 2.32 bits per heavy atom. The third-order valence-electron chi connectivity index (χ3n) is 7.51. The summed E-state index contributed by atoms with van der Waals surface area (Å²) in [6, 6.07) is 10.3. The standard InChI is InChI=1S/C29H48N2O5S/c1-27(2,3)36-26(33)31-19-10-17-29(18-20-32,30-37(34)28(4,5)6)25(31)21-35-24-15-13-23(14-16-24)22-11-8-7-9-12-22/h7-9,11-12,23-25,30,32H,10,13-21H2,1-6H3. The molecule has 1 aromatic carbocycles. The fraction of sp³-hybridized carbons (Fsp3) is 0.759. The molecule has 0 bridgehead atoms. The number of nitrogens with zero attached hydrogens (tertiary/aromatic N) is 1. The van der Waals surface area contributed by atoms with Gasteiger partial charge in [0.25, 0.3) is 0 Å². The number of rotatable bonds is 8. The number of hydrogen-bond donors (Lipinski definition) is 2. The van der Waals surface area contributed by atoms with E-state index >= 15 is 0 Å². The Kier molecular flexibility index (Phi) is 10.2. The molecule has 2 aliphatic rings. The van der Waals surface area contributed by atoms with E-state index in [0.29, 0.717) is 31.9 Å². The predicted octanol–water partition coefficient (Wildman–Crippen LogP) is 5.30. The van der Waals surface area contributed by atoms with E-state index in [2.05, 4.69) is 35.1 Å². The van der Waals surface area contributed by atoms with Crippen molar-refractivity contribution < 1.29 is 23.6 Å². The first kappa shape index (κ1) is 30.1. The molecule has 3 unspecified atom stereocenters. The average molecular weight is 537 g/mol. The fourth-order valence-electron chi connectivity index (χ4n) is 5.49. The van der Waals surface area contributed by atoms with Crippen LogP contribution in [0.5, 0.6) is 0 Å². The zero-order valence-corrected chi connectivity index (χ0v) is 24.4. The van der Waals surface area contributed by atoms with Gasteiger partial charge in [0.05, 0.1) is 40.0 Å². The largest absolute Gasteiger partial charge is 0.444 e. The van der Waals surface area contributed by atoms with E-state index in [4.69, 9.17) is 9.47 Å². The second-order valence-electron chi connectivity index (χ2n) is 12.6. The number of benzene rings is 1. The van der Waals surface area contributed by atoms with Gasteiger partial charge in [-0.15, -0.1) is 0 Å². The second-order valence-corrected chi connectivity index (χ2v) is 14.6. The molecule has 1 saturated heterocycles. The molecule has 1 amide bonds. The molecule has 0 spiro atoms. The van der Waals surface area contributed by atoms with Crippen LogP contribution in [0.25, 0.3) is 0 Å². The monoisotopic (exact) mass is 536 g/mol. The van der Waals surface area contributed by atoms with Crippen LogP contribution in [0.2, 0.25) is 0 Å². The number of nitrogens with one attached hydrogen (secondary N) is 1. The zero-order valence-electron chi connectivity index (χ0n) is 23.6. The molecule has 210 valence electrons. The van der Waals surface area contributed by atoms with Crippen LogP contribution in [-0.4, -0.2) is 68.1 Å². The van der Waals surface area contributed by atoms with Gasteiger partial charge in [-0.25, -0.2) is 13.7 Å². The predicted molar refractivity (Wildman–Crippen MR) is 149 cm³/mol. The van der Waals surface area contributed by atoms with Crippen LogP contribution in [0.15, 0.2) is 30.3 Å². The molecule has 3 rings (SSSR count). The molecule has 0 radical (unpaired) electrons. The fourth-order valence-corrected chi connectivity index (χ4v) is 6.50. The van der Waals surface area contributed by atoms with Gasteiger partial charge in [0.15, 0.2) is 0 Å². The molecule has 1 aliphatic heterocycles. The van der Waals surface area contributed by atoms with Crippen molar-refractivity contribution in [3.63, 3.8) is 0 Å². The van der Waals surface area contributed by atoms with Crippen molar-refractivity contribution in [1.29, 1.82) is 0 Å². The Hall–Kier alpha value is -1.48. The molecular formula is C29H48N2O5S. The molecular weight excluding hydrogens is 488 g/mol. The van der Waals surface area contributed by atoms with Crippen molar-refractivity contribution >= 4 is 17.1 Å². The number of ether oxygens (including phenoxy) is 2. The van der Waals surface area contributed by atoms with Crippen LogP contribution in [0.1, 0.15) is 98.0 Å². The number of aliphatic hydroxyl groups is 1. The van der Waals surface area contributed by atoms with Crippen molar-refractivity contribution in [3.8, 4) is 0 Å². The SMILES string of the molecule is CC(C)(C)OC(=O)N1CCCC(CCO)(NS(=O)C(C)(C)C)C1COC1CCC(c2ccccc2)CC1. The lowest BCUT2D eigenvalue weighted by molar-refractivity contribution is -0.0599. The van der Waals surface area contributed by atoms with E-state index in [-0.39, 0.29) is 18.8 Å². The normalized spacial score (nSPS) is 28.1. The maximum Gasteiger partial charge on any atom is 0.410 e. The van der Waals surface area contributed by atoms with Crippen molar-refractivity contribution in [2.45, 2.75) is 120 Å². The van der Waals surface area contributed by atoms with Gasteiger partial charge in [0.2, 0.25) is 0 Å². The van der Waals surface area contributed by atoms with Crippen molar-refractivity contribution in [2.75, 3.05) is 19.8 Å². The number of carbonyl (C=O) groups excluding carboxylic acids is 1. The molecule has 8 heteroatoms. The second kappa shape index (κ2) is 12.6. The Balaban J connectivity index is 1.78. The number of amides is 1. The number of piperidine rings is 1. The first-order valence-electron chi connectivity index (χ1n) is 13.8. The first-order valence-corrected chi connectivity index (χ1v) is 15.0. The lowest BCUT2D eigenvalue weighted by Gasteiger charge is -2.50. The summed E-state index contributed by atoms with van der Waals surface area (Å²) in [5.74, 6) is 0.554. The van der Waals surface area contributed by atoms with Crippen LogP contribution in [0.3, 0.4) is 0 Å². The number of aliphatic hydroxyl groups excluding tert-OH is 1. The van der Waals surface area contributed by atoms with Crippen LogP contribution in [-0.2, 0) is 20.5 Å². The maximum atomic E-state index is 13.3. The van der Waals surface area contributed by atoms with E-state index in [9.17, 15) is 14.1 Å². The highest BCUT2D eigenvalue weighted by molar-refractivity contribution is 7.84. The molecule has 0 aromatic heterocycles. The van der Waals surface area contributed by atoms with Gasteiger partial charge < -0.3 is 19.5 Å². The number of carbonyl (C=O) groups is 1. The molecule has 2 N–H and O–H groups in total. The van der Waals surface area contributed by atoms with Crippen molar-refractivity contribution in [3.05, 3.63) is 35.9 Å². The highest BCUT2D eigenvalue weighted by atomic mass is 32.2. The van der Waals surface area contributed by atoms with Gasteiger partial charge in [-0.3, -0.25) is 0 Å². The summed E-state index contributed by atoms with van der Waals surface area (Å²) in [4.78, 5) is 15.1. The molecule has 2 fully saturated rings. The van der Waals surface area contributed by atoms with Gasteiger partial charge in [-0.05, 0) is 98.0 Å². The lowest BCUT2D eigenvalue weighted by atomic mass is 9.79. The van der Waals surface area contributed by atoms with E-state index in [0.717, 1.165) is 32.1 Å². The summed E-state index contributed by atoms with van der Waals surface area (Å²) < 4.78 is 28.5. The third-order valence-corrected chi connectivity index (χ3v) is 9.21. The number of hydrogen-bond acceptors (Lipinski definition) is 5. The van der Waals surface area contributed by atoms with Crippen LogP contribution in [0, 0.1) is 0 Å². The summed E-state index contributed by atoms with van der Waals surface area (Å²) in [7, 11) is -1.37. The minimum Gasteiger partial charge on any atom is -0.444 e. The summed E-state index contributed by atoms with van der Waals surface area (Å²) in [5, 5.41) is 10.1. The van der Waals surface area contributed by atoms with Crippen LogP contribution in [0.4, 0.5) is 4.79 Å². The van der Waals surface area contributed by atoms with E-state index in [1.165, 1.54) is 5.56 Å². The minimum absolute atomic E-state index is 0.0742. The van der Waals surface area contributed by atoms with Crippen LogP contribution < -0.4 is 4.72 Å². The summed E-state index contributed by atoms with van der Waals surface area (Å²) >= 11 is 0. The van der Waals surface area contributed by atoms with Gasteiger partial charge >= 0.3 is 6.09 Å². The zero-order chi connectivity index (χ0) is 27.3. The minimum atomic E-state index is -1.37. The van der Waals surface area contributed by atoms with E-state index in [1.54, 1.807) is 4.90 Å². The van der Waals surface area contributed by atoms with Gasteiger partial charge in [0, 0.05) is 13.2 Å². The Labute approximate surface area is 226 Å². The lowest BCUT2D eigenvalue weighted by Crippen LogP contribution is -2.68. The highest BCUT2D eigenvalue weighted by Gasteiger charge is 2.49. The van der Waals surface area contributed by atoms with E-state index in [1.807, 2.05) is 41.5 Å². The molecule has 3 atom stereocenters. The molecule has 7 nitrogen and oxygen atoms in total. The quantitative estimate of drug-likeness (QED) is 0.471. The van der Waals surface area contributed by atoms with Crippen molar-refractivity contribution in [1.82, 2.24) is 9.62 Å². The number of likely N-dealkylation sites (tertiary alicyclic amines) is 1. The molecule has 37 heavy (non-hydrogen) atoms. The Morgan fingerprint density at radius 2 is 1.76 bits per heavy atom. The Bertz CT molecular complexity index is 886. The van der Waals surface area contributed by atoms with Gasteiger partial charge in [0.1, 0.15) is 5.60 Å². The first-order chi connectivity index (χ1) is 17.3. The topological polar surface area (TPSA) is 88.1 Å². The highest BCUT2D eigenvalue weighted by Crippen LogP contribution is 2.37. The maximum absolute atomic E-state index is 13.3. The van der Waals surface area contributed by atoms with Crippen LogP contribution >= 0.6 is 0 Å². The third kappa shape index (κ3) is 8.25. The smallest absolute Gasteiger partial charge is 0.410 e. The summed E-state index contributed by atoms with van der Waals surface area (Å²) in [6.07, 6.45) is 5.60. The van der Waals surface area contributed by atoms with Gasteiger partial charge in [-0.1, -0.05) is 30.3 Å². The Morgan fingerprint density at radius 1 is 1.11 bits per heavy atom. The van der Waals surface area contributed by atoms with Crippen molar-refractivity contribution in [2.24, 2.45) is 0 Å². The molecule has 1 aromatic rings. The molecule has 1 heterocycles. The van der Waals surface area contributed by atoms with Gasteiger partial charge in [-0.2, -0.15) is 0 Å². The molecule has 1 aliphatic carbocycles. The summed E-state index contributed by atoms with van der Waals surface area (Å²) in [5.41, 5.74) is 0.0283. The average Bonchev–Trinajstić information content (AvgIpc) is 2.82. The molecule has 1 saturated carbocycles. The summed E-state index contributed by atoms with van der Waals surface area (Å²) in [6.45, 7) is 12.1. The van der Waals surface area contributed by atoms with E-state index < -0.39 is 32.9 Å².